The third kappa shape index (κ3) is 15.8. The summed E-state index contributed by atoms with van der Waals surface area (Å²) in [5, 5.41) is 30.8. The first-order chi connectivity index (χ1) is 41.3. The molecule has 5 aromatic rings. The van der Waals surface area contributed by atoms with Gasteiger partial charge in [-0.25, -0.2) is 13.8 Å². The van der Waals surface area contributed by atoms with Crippen molar-refractivity contribution >= 4 is 46.6 Å². The van der Waals surface area contributed by atoms with Crippen molar-refractivity contribution in [3.63, 3.8) is 0 Å². The Morgan fingerprint density at radius 3 is 2.06 bits per heavy atom. The van der Waals surface area contributed by atoms with Crippen LogP contribution in [-0.4, -0.2) is 192 Å². The molecule has 3 fully saturated rings. The third-order valence-corrected chi connectivity index (χ3v) is 17.5. The molecule has 2 aliphatic carbocycles. The van der Waals surface area contributed by atoms with Crippen molar-refractivity contribution in [3.05, 3.63) is 106 Å². The summed E-state index contributed by atoms with van der Waals surface area (Å²) >= 11 is 1.57. The molecule has 9 rings (SSSR count). The molecule has 466 valence electrons. The maximum atomic E-state index is 14.5. The molecule has 0 bridgehead atoms. The van der Waals surface area contributed by atoms with Crippen LogP contribution in [0.15, 0.2) is 72.5 Å². The van der Waals surface area contributed by atoms with Crippen LogP contribution in [0.4, 0.5) is 14.5 Å². The number of ether oxygens (including phenoxy) is 6. The van der Waals surface area contributed by atoms with Gasteiger partial charge in [0.15, 0.2) is 5.69 Å². The van der Waals surface area contributed by atoms with Gasteiger partial charge in [0.1, 0.15) is 12.1 Å². The van der Waals surface area contributed by atoms with E-state index in [4.69, 9.17) is 28.4 Å². The van der Waals surface area contributed by atoms with Crippen molar-refractivity contribution in [2.45, 2.75) is 103 Å². The molecule has 86 heavy (non-hydrogen) atoms. The summed E-state index contributed by atoms with van der Waals surface area (Å²) < 4.78 is 64.4. The monoisotopic (exact) mass is 1210 g/mol. The van der Waals surface area contributed by atoms with Gasteiger partial charge in [-0.2, -0.15) is 10.2 Å². The zero-order valence-corrected chi connectivity index (χ0v) is 50.3. The quantitative estimate of drug-likeness (QED) is 0.0338. The summed E-state index contributed by atoms with van der Waals surface area (Å²) in [7, 11) is 0. The maximum absolute atomic E-state index is 14.5. The van der Waals surface area contributed by atoms with E-state index in [9.17, 15) is 37.9 Å². The van der Waals surface area contributed by atoms with E-state index in [0.29, 0.717) is 89.5 Å². The second-order valence-electron chi connectivity index (χ2n) is 23.7. The summed E-state index contributed by atoms with van der Waals surface area (Å²) in [6.45, 7) is 14.1. The summed E-state index contributed by atoms with van der Waals surface area (Å²) in [5.74, 6) is -5.19. The van der Waals surface area contributed by atoms with Gasteiger partial charge in [0.05, 0.1) is 126 Å². The molecule has 2 saturated heterocycles. The zero-order chi connectivity index (χ0) is 61.0. The molecule has 22 nitrogen and oxygen atoms in total. The first-order valence-electron chi connectivity index (χ1n) is 29.5. The molecule has 5 amide bonds. The minimum Gasteiger partial charge on any atom is -0.391 e. The Morgan fingerprint density at radius 2 is 1.45 bits per heavy atom. The number of aryl methyl sites for hydroxylation is 1. The number of aliphatic hydroxyl groups is 1. The SMILES string of the molecule is Cc1ncsc1-c1ccc(CNC(=O)[C@@H]2C[C@@H](O)CN2C(=O)[C@@H](NC(=O)CCOCCOCCOCCOCCOCCOCCC(=O)N2CC([C@@H](c3ccccc3)n3cc(NC(=O)c4n[nH]c5c4C[C@@H]4C(F)(F)[C@]4(C)C5)cn3)C2)C(C)(C)C)cc1. The number of anilines is 1. The van der Waals surface area contributed by atoms with Crippen LogP contribution in [0.2, 0.25) is 0 Å². The maximum Gasteiger partial charge on any atom is 0.276 e. The van der Waals surface area contributed by atoms with Gasteiger partial charge < -0.3 is 59.3 Å². The van der Waals surface area contributed by atoms with Crippen LogP contribution >= 0.6 is 11.3 Å². The highest BCUT2D eigenvalue weighted by Crippen LogP contribution is 2.70. The lowest BCUT2D eigenvalue weighted by Crippen LogP contribution is -2.57. The number of benzene rings is 2. The van der Waals surface area contributed by atoms with Gasteiger partial charge in [-0.1, -0.05) is 82.3 Å². The van der Waals surface area contributed by atoms with E-state index in [2.05, 4.69) is 36.2 Å². The van der Waals surface area contributed by atoms with E-state index in [1.165, 1.54) is 4.90 Å². The third-order valence-electron chi connectivity index (χ3n) is 16.5. The van der Waals surface area contributed by atoms with Crippen LogP contribution in [0.3, 0.4) is 0 Å². The molecule has 0 radical (unpaired) electrons. The number of H-pyrrole nitrogens is 1. The number of amides is 5. The average Bonchev–Trinajstić information content (AvgIpc) is 1.52. The normalized spacial score (nSPS) is 20.4. The van der Waals surface area contributed by atoms with Crippen LogP contribution in [0.5, 0.6) is 0 Å². The van der Waals surface area contributed by atoms with Crippen LogP contribution in [0.25, 0.3) is 10.4 Å². The Morgan fingerprint density at radius 1 is 0.837 bits per heavy atom. The molecular weight excluding hydrogens is 1130 g/mol. The molecule has 1 saturated carbocycles. The predicted molar refractivity (Wildman–Crippen MR) is 313 cm³/mol. The summed E-state index contributed by atoms with van der Waals surface area (Å²) in [4.78, 5) is 75.4. The number of aliphatic hydroxyl groups excluding tert-OH is 1. The lowest BCUT2D eigenvalue weighted by atomic mass is 9.85. The second kappa shape index (κ2) is 29.0. The van der Waals surface area contributed by atoms with E-state index < -0.39 is 52.7 Å². The number of hydrogen-bond donors (Lipinski definition) is 5. The summed E-state index contributed by atoms with van der Waals surface area (Å²) in [5.41, 5.74) is 5.61. The fourth-order valence-electron chi connectivity index (χ4n) is 11.4. The number of fused-ring (bicyclic) bond motifs is 2. The fraction of sp³-hybridized carbons (Fsp3) is 0.574. The highest BCUT2D eigenvalue weighted by atomic mass is 32.1. The van der Waals surface area contributed by atoms with Crippen molar-refractivity contribution in [1.82, 2.24) is 45.4 Å². The number of alkyl halides is 2. The Balaban J connectivity index is 0.559. The van der Waals surface area contributed by atoms with Crippen LogP contribution in [0.1, 0.15) is 91.6 Å². The van der Waals surface area contributed by atoms with Crippen LogP contribution in [-0.2, 0) is 67.0 Å². The van der Waals surface area contributed by atoms with Crippen molar-refractivity contribution in [3.8, 4) is 10.4 Å². The van der Waals surface area contributed by atoms with E-state index in [0.717, 1.165) is 27.3 Å². The van der Waals surface area contributed by atoms with E-state index in [1.54, 1.807) is 40.2 Å². The van der Waals surface area contributed by atoms with Gasteiger partial charge >= 0.3 is 0 Å². The Bertz CT molecular complexity index is 3080. The number of carbonyl (C=O) groups is 5. The topological polar surface area (TPSA) is 263 Å². The first kappa shape index (κ1) is 63.9. The Labute approximate surface area is 503 Å². The standard InChI is InChI=1S/C61H80F2N10O12S/c1-39-54(86-38-65-39)42-13-11-40(12-14-42)32-64-56(77)48-29-45(74)37-72(48)58(79)55(59(2,3)4)68-50(75)15-17-80-19-21-82-23-25-84-27-28-85-26-24-83-22-20-81-18-16-51(76)71-34-43(35-71)53(41-9-7-6-8-10-41)73-36-44(33-66-73)67-57(78)52-46-30-49-60(5,61(49,62)63)31-47(46)69-70-52/h6-14,33,36,38,43,45,48-49,53,55,74H,15-32,34-35,37H2,1-5H3,(H,64,77)(H,67,78)(H,68,75)(H,69,70)/t45-,48+,49+,53-,55-,60-/m1/s1. The minimum atomic E-state index is -2.76. The van der Waals surface area contributed by atoms with E-state index in [1.807, 2.05) is 87.8 Å². The van der Waals surface area contributed by atoms with Gasteiger partial charge in [0.2, 0.25) is 23.6 Å². The zero-order valence-electron chi connectivity index (χ0n) is 49.5. The lowest BCUT2D eigenvalue weighted by molar-refractivity contribution is -0.144. The number of likely N-dealkylation sites (tertiary alicyclic amines) is 2. The minimum absolute atomic E-state index is 0.0114. The van der Waals surface area contributed by atoms with Crippen LogP contribution in [0, 0.1) is 29.6 Å². The predicted octanol–water partition coefficient (Wildman–Crippen LogP) is 5.40. The average molecular weight is 1220 g/mol. The van der Waals surface area contributed by atoms with E-state index in [-0.39, 0.29) is 100 Å². The molecule has 5 N–H and O–H groups in total. The molecule has 2 aliphatic heterocycles. The highest BCUT2D eigenvalue weighted by Gasteiger charge is 2.78. The van der Waals surface area contributed by atoms with Gasteiger partial charge in [-0.15, -0.1) is 11.3 Å². The summed E-state index contributed by atoms with van der Waals surface area (Å²) in [6.07, 6.45) is 3.01. The molecular formula is C61H80F2N10O12S. The largest absolute Gasteiger partial charge is 0.391 e. The number of halogens is 2. The molecule has 6 atom stereocenters. The molecule has 5 heterocycles. The van der Waals surface area contributed by atoms with Crippen molar-refractivity contribution in [2.24, 2.45) is 22.7 Å². The number of thiazole rings is 1. The lowest BCUT2D eigenvalue weighted by Gasteiger charge is -2.43. The van der Waals surface area contributed by atoms with Gasteiger partial charge in [0, 0.05) is 80.1 Å². The number of aromatic nitrogens is 5. The molecule has 3 aromatic heterocycles. The molecule has 4 aliphatic rings. The van der Waals surface area contributed by atoms with Gasteiger partial charge in [-0.05, 0) is 35.4 Å². The first-order valence-corrected chi connectivity index (χ1v) is 30.3. The highest BCUT2D eigenvalue weighted by molar-refractivity contribution is 7.13. The summed E-state index contributed by atoms with van der Waals surface area (Å²) in [6, 6.07) is 15.7. The number of nitrogens with one attached hydrogen (secondary N) is 4. The van der Waals surface area contributed by atoms with Crippen molar-refractivity contribution in [1.29, 1.82) is 0 Å². The second-order valence-corrected chi connectivity index (χ2v) is 24.6. The van der Waals surface area contributed by atoms with Crippen molar-refractivity contribution < 1.29 is 66.3 Å². The number of aromatic amines is 1. The molecule has 2 aromatic carbocycles. The number of β-amino-alcohol motifs (C(OH)–C–C–N with tert-alkyl or cyclic N) is 1. The number of carbonyl (C=O) groups excluding carboxylic acids is 5. The number of rotatable bonds is 32. The number of nitrogens with zero attached hydrogens (tertiary/aromatic N) is 6. The van der Waals surface area contributed by atoms with Gasteiger partial charge in [0.25, 0.3) is 11.8 Å². The number of hydrogen-bond acceptors (Lipinski definition) is 16. The Hall–Kier alpha value is -6.58. The van der Waals surface area contributed by atoms with Gasteiger partial charge in [-0.3, -0.25) is 33.8 Å². The van der Waals surface area contributed by atoms with Crippen molar-refractivity contribution in [2.75, 3.05) is 104 Å². The molecule has 0 spiro atoms. The Kier molecular flexibility index (Phi) is 21.5. The fourth-order valence-corrected chi connectivity index (χ4v) is 12.3. The van der Waals surface area contributed by atoms with E-state index >= 15 is 0 Å². The molecule has 0 unspecified atom stereocenters. The smallest absolute Gasteiger partial charge is 0.276 e. The molecule has 25 heteroatoms. The van der Waals surface area contributed by atoms with Crippen LogP contribution < -0.4 is 16.0 Å².